The van der Waals surface area contributed by atoms with E-state index in [0.29, 0.717) is 37.7 Å². The van der Waals surface area contributed by atoms with E-state index in [4.69, 9.17) is 13.9 Å². The normalized spacial score (nSPS) is 11.4. The van der Waals surface area contributed by atoms with Crippen molar-refractivity contribution in [2.24, 2.45) is 0 Å². The Morgan fingerprint density at radius 1 is 1.12 bits per heavy atom. The van der Waals surface area contributed by atoms with Crippen LogP contribution < -0.4 is 10.0 Å². The van der Waals surface area contributed by atoms with E-state index in [2.05, 4.69) is 10.0 Å². The molecule has 0 saturated heterocycles. The largest absolute Gasteiger partial charge is 0.468 e. The van der Waals surface area contributed by atoms with Crippen molar-refractivity contribution in [3.8, 4) is 0 Å². The van der Waals surface area contributed by atoms with Gasteiger partial charge in [-0.05, 0) is 36.4 Å². The summed E-state index contributed by atoms with van der Waals surface area (Å²) in [7, 11) is -2.10. The predicted octanol–water partition coefficient (Wildman–Crippen LogP) is 1.15. The molecule has 0 fully saturated rings. The van der Waals surface area contributed by atoms with Gasteiger partial charge in [-0.15, -0.1) is 0 Å². The summed E-state index contributed by atoms with van der Waals surface area (Å²) in [5.74, 6) is 0.213. The summed E-state index contributed by atoms with van der Waals surface area (Å²) >= 11 is 0. The van der Waals surface area contributed by atoms with Gasteiger partial charge in [-0.3, -0.25) is 4.79 Å². The maximum absolute atomic E-state index is 12.2. The fourth-order valence-electron chi connectivity index (χ4n) is 2.03. The molecule has 0 unspecified atom stereocenters. The van der Waals surface area contributed by atoms with E-state index in [0.717, 1.165) is 0 Å². The Labute approximate surface area is 152 Å². The van der Waals surface area contributed by atoms with E-state index in [9.17, 15) is 13.2 Å². The molecule has 0 atom stereocenters. The van der Waals surface area contributed by atoms with Crippen LogP contribution in [0.2, 0.25) is 0 Å². The number of hydrogen-bond acceptors (Lipinski definition) is 6. The summed E-state index contributed by atoms with van der Waals surface area (Å²) in [6, 6.07) is 9.04. The van der Waals surface area contributed by atoms with E-state index in [1.54, 1.807) is 19.2 Å². The molecule has 0 bridgehead atoms. The van der Waals surface area contributed by atoms with Crippen molar-refractivity contribution < 1.29 is 27.1 Å². The van der Waals surface area contributed by atoms with E-state index in [-0.39, 0.29) is 17.3 Å². The Kier molecular flexibility index (Phi) is 7.79. The summed E-state index contributed by atoms with van der Waals surface area (Å²) in [5, 5.41) is 2.70. The van der Waals surface area contributed by atoms with Crippen LogP contribution in [-0.2, 0) is 26.0 Å². The number of furan rings is 1. The van der Waals surface area contributed by atoms with Crippen LogP contribution in [0.3, 0.4) is 0 Å². The number of ether oxygens (including phenoxy) is 2. The molecule has 0 spiro atoms. The van der Waals surface area contributed by atoms with E-state index in [1.165, 1.54) is 30.5 Å². The van der Waals surface area contributed by atoms with Crippen molar-refractivity contribution in [3.63, 3.8) is 0 Å². The molecule has 2 N–H and O–H groups in total. The number of carbonyl (C=O) groups is 1. The van der Waals surface area contributed by atoms with Crippen LogP contribution in [0.4, 0.5) is 0 Å². The van der Waals surface area contributed by atoms with Gasteiger partial charge < -0.3 is 19.2 Å². The van der Waals surface area contributed by atoms with Crippen LogP contribution in [0.25, 0.3) is 0 Å². The topological polar surface area (TPSA) is 107 Å². The van der Waals surface area contributed by atoms with Gasteiger partial charge in [-0.2, -0.15) is 0 Å². The second-order valence-corrected chi connectivity index (χ2v) is 7.06. The maximum Gasteiger partial charge on any atom is 0.251 e. The molecule has 2 aromatic rings. The lowest BCUT2D eigenvalue weighted by Gasteiger charge is -2.08. The lowest BCUT2D eigenvalue weighted by Crippen LogP contribution is -2.28. The zero-order chi connectivity index (χ0) is 18.8. The fraction of sp³-hybridized carbons (Fsp3) is 0.353. The Morgan fingerprint density at radius 3 is 2.54 bits per heavy atom. The van der Waals surface area contributed by atoms with Crippen LogP contribution in [0.1, 0.15) is 16.1 Å². The molecule has 1 amide bonds. The fourth-order valence-corrected chi connectivity index (χ4v) is 3.02. The summed E-state index contributed by atoms with van der Waals surface area (Å²) in [4.78, 5) is 12.1. The zero-order valence-corrected chi connectivity index (χ0v) is 15.3. The average Bonchev–Trinajstić information content (AvgIpc) is 3.16. The quantitative estimate of drug-likeness (QED) is 0.565. The van der Waals surface area contributed by atoms with Crippen LogP contribution in [-0.4, -0.2) is 47.8 Å². The van der Waals surface area contributed by atoms with Gasteiger partial charge in [0.25, 0.3) is 5.91 Å². The van der Waals surface area contributed by atoms with Gasteiger partial charge in [0.2, 0.25) is 10.0 Å². The second kappa shape index (κ2) is 10.1. The molecule has 1 aromatic carbocycles. The molecular weight excluding hydrogens is 360 g/mol. The standard InChI is InChI=1S/C17H22N2O6S/c1-23-11-12-24-10-8-18-17(20)14-4-6-16(7-5-14)26(21,22)19-13-15-3-2-9-25-15/h2-7,9,19H,8,10-13H2,1H3,(H,18,20). The van der Waals surface area contributed by atoms with Gasteiger partial charge in [0.15, 0.2) is 0 Å². The highest BCUT2D eigenvalue weighted by atomic mass is 32.2. The first-order chi connectivity index (χ1) is 12.5. The molecule has 1 aromatic heterocycles. The zero-order valence-electron chi connectivity index (χ0n) is 14.4. The highest BCUT2D eigenvalue weighted by molar-refractivity contribution is 7.89. The maximum atomic E-state index is 12.2. The summed E-state index contributed by atoms with van der Waals surface area (Å²) < 4.78 is 42.1. The molecule has 0 radical (unpaired) electrons. The van der Waals surface area contributed by atoms with Crippen molar-refractivity contribution in [3.05, 3.63) is 54.0 Å². The van der Waals surface area contributed by atoms with E-state index in [1.807, 2.05) is 0 Å². The number of sulfonamides is 1. The van der Waals surface area contributed by atoms with Crippen molar-refractivity contribution in [2.75, 3.05) is 33.5 Å². The molecular formula is C17H22N2O6S. The highest BCUT2D eigenvalue weighted by Gasteiger charge is 2.15. The van der Waals surface area contributed by atoms with E-state index >= 15 is 0 Å². The molecule has 0 aliphatic rings. The average molecular weight is 382 g/mol. The Balaban J connectivity index is 1.83. The molecule has 0 aliphatic carbocycles. The third-order valence-corrected chi connectivity index (χ3v) is 4.82. The number of methoxy groups -OCH3 is 1. The first kappa shape index (κ1) is 20.1. The van der Waals surface area contributed by atoms with Crippen molar-refractivity contribution >= 4 is 15.9 Å². The molecule has 0 saturated carbocycles. The molecule has 2 rings (SSSR count). The van der Waals surface area contributed by atoms with Crippen LogP contribution >= 0.6 is 0 Å². The number of rotatable bonds is 11. The number of benzene rings is 1. The van der Waals surface area contributed by atoms with Gasteiger partial charge in [-0.1, -0.05) is 0 Å². The number of amides is 1. The molecule has 26 heavy (non-hydrogen) atoms. The molecule has 1 heterocycles. The molecule has 8 nitrogen and oxygen atoms in total. The summed E-state index contributed by atoms with van der Waals surface area (Å²) in [5.41, 5.74) is 0.367. The minimum absolute atomic E-state index is 0.0562. The number of hydrogen-bond donors (Lipinski definition) is 2. The summed E-state index contributed by atoms with van der Waals surface area (Å²) in [6.07, 6.45) is 1.47. The SMILES string of the molecule is COCCOCCNC(=O)c1ccc(S(=O)(=O)NCc2ccco2)cc1. The van der Waals surface area contributed by atoms with Gasteiger partial charge in [0, 0.05) is 19.2 Å². The third-order valence-electron chi connectivity index (χ3n) is 3.41. The first-order valence-electron chi connectivity index (χ1n) is 8.00. The van der Waals surface area contributed by atoms with Gasteiger partial charge in [0.1, 0.15) is 5.76 Å². The molecule has 142 valence electrons. The highest BCUT2D eigenvalue weighted by Crippen LogP contribution is 2.11. The minimum Gasteiger partial charge on any atom is -0.468 e. The lowest BCUT2D eigenvalue weighted by molar-refractivity contribution is 0.0692. The Hall–Kier alpha value is -2.20. The monoisotopic (exact) mass is 382 g/mol. The van der Waals surface area contributed by atoms with Crippen molar-refractivity contribution in [1.82, 2.24) is 10.0 Å². The van der Waals surface area contributed by atoms with Crippen LogP contribution in [0, 0.1) is 0 Å². The summed E-state index contributed by atoms with van der Waals surface area (Å²) in [6.45, 7) is 1.74. The lowest BCUT2D eigenvalue weighted by atomic mass is 10.2. The third kappa shape index (κ3) is 6.26. The second-order valence-electron chi connectivity index (χ2n) is 5.29. The smallest absolute Gasteiger partial charge is 0.251 e. The van der Waals surface area contributed by atoms with Gasteiger partial charge in [0.05, 0.1) is 37.5 Å². The molecule has 9 heteroatoms. The Morgan fingerprint density at radius 2 is 1.88 bits per heavy atom. The predicted molar refractivity (Wildman–Crippen MR) is 94.2 cm³/mol. The minimum atomic E-state index is -3.68. The Bertz CT molecular complexity index is 772. The number of nitrogens with one attached hydrogen (secondary N) is 2. The first-order valence-corrected chi connectivity index (χ1v) is 9.48. The van der Waals surface area contributed by atoms with Crippen LogP contribution in [0.5, 0.6) is 0 Å². The molecule has 0 aliphatic heterocycles. The number of carbonyl (C=O) groups excluding carboxylic acids is 1. The van der Waals surface area contributed by atoms with E-state index < -0.39 is 10.0 Å². The van der Waals surface area contributed by atoms with Gasteiger partial charge in [-0.25, -0.2) is 13.1 Å². The van der Waals surface area contributed by atoms with Gasteiger partial charge >= 0.3 is 0 Å². The van der Waals surface area contributed by atoms with Crippen molar-refractivity contribution in [1.29, 1.82) is 0 Å². The van der Waals surface area contributed by atoms with Crippen molar-refractivity contribution in [2.45, 2.75) is 11.4 Å². The van der Waals surface area contributed by atoms with Crippen LogP contribution in [0.15, 0.2) is 52.0 Å².